The van der Waals surface area contributed by atoms with Gasteiger partial charge in [0, 0.05) is 12.6 Å². The van der Waals surface area contributed by atoms with Gasteiger partial charge in [-0.1, -0.05) is 26.0 Å². The second-order valence-electron chi connectivity index (χ2n) is 3.54. The zero-order valence-corrected chi connectivity index (χ0v) is 9.58. The summed E-state index contributed by atoms with van der Waals surface area (Å²) < 4.78 is 0. The van der Waals surface area contributed by atoms with Crippen molar-refractivity contribution in [3.8, 4) is 0 Å². The molecule has 2 N–H and O–H groups in total. The maximum atomic E-state index is 10.6. The average molecular weight is 229 g/mol. The van der Waals surface area contributed by atoms with E-state index in [9.17, 15) is 4.79 Å². The van der Waals surface area contributed by atoms with E-state index >= 15 is 0 Å². The third-order valence-electron chi connectivity index (χ3n) is 1.92. The minimum atomic E-state index is -0.881. The SMILES string of the molecule is CC(C)NCc1ccc(C(=O)O)cc1.[Cl-]. The summed E-state index contributed by atoms with van der Waals surface area (Å²) in [6.45, 7) is 4.93. The lowest BCUT2D eigenvalue weighted by molar-refractivity contribution is -0.0000187. The van der Waals surface area contributed by atoms with Gasteiger partial charge in [-0.25, -0.2) is 4.79 Å². The van der Waals surface area contributed by atoms with E-state index in [1.807, 2.05) is 12.1 Å². The molecule has 0 bridgehead atoms. The topological polar surface area (TPSA) is 49.3 Å². The molecule has 0 aromatic heterocycles. The van der Waals surface area contributed by atoms with Crippen LogP contribution in [0.1, 0.15) is 29.8 Å². The summed E-state index contributed by atoms with van der Waals surface area (Å²) in [6, 6.07) is 7.35. The lowest BCUT2D eigenvalue weighted by atomic mass is 10.1. The number of benzene rings is 1. The lowest BCUT2D eigenvalue weighted by Gasteiger charge is -2.07. The predicted molar refractivity (Wildman–Crippen MR) is 55.4 cm³/mol. The van der Waals surface area contributed by atoms with E-state index in [-0.39, 0.29) is 12.4 Å². The Morgan fingerprint density at radius 1 is 1.33 bits per heavy atom. The molecule has 15 heavy (non-hydrogen) atoms. The molecule has 0 heterocycles. The molecule has 0 fully saturated rings. The monoisotopic (exact) mass is 228 g/mol. The van der Waals surface area contributed by atoms with Crippen molar-refractivity contribution in [3.63, 3.8) is 0 Å². The van der Waals surface area contributed by atoms with Crippen LogP contribution in [0.2, 0.25) is 0 Å². The molecule has 84 valence electrons. The highest BCUT2D eigenvalue weighted by Crippen LogP contribution is 2.04. The number of carboxylic acids is 1. The fourth-order valence-electron chi connectivity index (χ4n) is 1.09. The van der Waals surface area contributed by atoms with E-state index in [0.717, 1.165) is 12.1 Å². The summed E-state index contributed by atoms with van der Waals surface area (Å²) in [5, 5.41) is 11.9. The second-order valence-corrected chi connectivity index (χ2v) is 3.54. The van der Waals surface area contributed by atoms with Gasteiger partial charge in [0.15, 0.2) is 0 Å². The fourth-order valence-corrected chi connectivity index (χ4v) is 1.09. The van der Waals surface area contributed by atoms with E-state index < -0.39 is 5.97 Å². The summed E-state index contributed by atoms with van der Waals surface area (Å²) >= 11 is 0. The van der Waals surface area contributed by atoms with E-state index in [1.165, 1.54) is 0 Å². The fraction of sp³-hybridized carbons (Fsp3) is 0.364. The summed E-state index contributed by atoms with van der Waals surface area (Å²) in [7, 11) is 0. The standard InChI is InChI=1S/C11H15NO2.ClH/c1-8(2)12-7-9-3-5-10(6-4-9)11(13)14;/h3-6,8,12H,7H2,1-2H3,(H,13,14);1H/p-1. The number of hydrogen-bond acceptors (Lipinski definition) is 2. The first-order chi connectivity index (χ1) is 6.59. The average Bonchev–Trinajstić information content (AvgIpc) is 2.15. The third kappa shape index (κ3) is 4.81. The first-order valence-electron chi connectivity index (χ1n) is 4.65. The number of carboxylic acid groups (broad SMARTS) is 1. The van der Waals surface area contributed by atoms with Crippen LogP contribution in [0.15, 0.2) is 24.3 Å². The number of nitrogens with one attached hydrogen (secondary N) is 1. The summed E-state index contributed by atoms with van der Waals surface area (Å²) in [5.41, 5.74) is 1.43. The molecule has 0 amide bonds. The van der Waals surface area contributed by atoms with Crippen molar-refractivity contribution in [2.45, 2.75) is 26.4 Å². The number of hydrogen-bond donors (Lipinski definition) is 2. The Hall–Kier alpha value is -1.06. The molecule has 0 aliphatic heterocycles. The van der Waals surface area contributed by atoms with Gasteiger partial charge in [0.25, 0.3) is 0 Å². The molecule has 0 saturated heterocycles. The Kier molecular flexibility index (Phi) is 5.97. The Balaban J connectivity index is 0.00000196. The molecule has 1 aromatic rings. The Morgan fingerprint density at radius 3 is 2.27 bits per heavy atom. The molecular formula is C11H15ClNO2-. The molecule has 1 aromatic carbocycles. The van der Waals surface area contributed by atoms with Crippen molar-refractivity contribution in [1.82, 2.24) is 5.32 Å². The van der Waals surface area contributed by atoms with Crippen LogP contribution in [0.25, 0.3) is 0 Å². The van der Waals surface area contributed by atoms with Gasteiger partial charge in [0.05, 0.1) is 5.56 Å². The highest BCUT2D eigenvalue weighted by Gasteiger charge is 2.01. The Bertz CT molecular complexity index is 309. The number of aromatic carboxylic acids is 1. The van der Waals surface area contributed by atoms with Gasteiger partial charge in [-0.2, -0.15) is 0 Å². The summed E-state index contributed by atoms with van der Waals surface area (Å²) in [6.07, 6.45) is 0. The van der Waals surface area contributed by atoms with Crippen LogP contribution in [-0.4, -0.2) is 17.1 Å². The molecule has 0 unspecified atom stereocenters. The predicted octanol–water partition coefficient (Wildman–Crippen LogP) is -1.11. The number of carbonyl (C=O) groups is 1. The second kappa shape index (κ2) is 6.43. The zero-order valence-electron chi connectivity index (χ0n) is 8.83. The van der Waals surface area contributed by atoms with Crippen molar-refractivity contribution < 1.29 is 22.3 Å². The van der Waals surface area contributed by atoms with Gasteiger partial charge in [0.1, 0.15) is 0 Å². The Labute approximate surface area is 95.9 Å². The molecule has 0 saturated carbocycles. The highest BCUT2D eigenvalue weighted by atomic mass is 35.5. The van der Waals surface area contributed by atoms with E-state index in [0.29, 0.717) is 11.6 Å². The molecule has 0 aliphatic carbocycles. The van der Waals surface area contributed by atoms with Crippen molar-refractivity contribution in [2.75, 3.05) is 0 Å². The first kappa shape index (κ1) is 13.9. The van der Waals surface area contributed by atoms with Crippen LogP contribution in [0.5, 0.6) is 0 Å². The third-order valence-corrected chi connectivity index (χ3v) is 1.92. The molecule has 0 atom stereocenters. The molecule has 3 nitrogen and oxygen atoms in total. The molecule has 1 rings (SSSR count). The van der Waals surface area contributed by atoms with Gasteiger partial charge >= 0.3 is 5.97 Å². The minimum absolute atomic E-state index is 0. The van der Waals surface area contributed by atoms with Crippen LogP contribution in [-0.2, 0) is 6.54 Å². The molecule has 4 heteroatoms. The van der Waals surface area contributed by atoms with Crippen LogP contribution in [0.3, 0.4) is 0 Å². The molecule has 0 radical (unpaired) electrons. The maximum Gasteiger partial charge on any atom is 0.335 e. The minimum Gasteiger partial charge on any atom is -1.00 e. The van der Waals surface area contributed by atoms with Crippen LogP contribution in [0, 0.1) is 0 Å². The highest BCUT2D eigenvalue weighted by molar-refractivity contribution is 5.87. The largest absolute Gasteiger partial charge is 1.00 e. The van der Waals surface area contributed by atoms with Gasteiger partial charge in [-0.15, -0.1) is 0 Å². The van der Waals surface area contributed by atoms with E-state index in [4.69, 9.17) is 5.11 Å². The maximum absolute atomic E-state index is 10.6. The van der Waals surface area contributed by atoms with Gasteiger partial charge in [-0.05, 0) is 17.7 Å². The Morgan fingerprint density at radius 2 is 1.87 bits per heavy atom. The van der Waals surface area contributed by atoms with Crippen LogP contribution in [0.4, 0.5) is 0 Å². The van der Waals surface area contributed by atoms with E-state index in [1.54, 1.807) is 12.1 Å². The van der Waals surface area contributed by atoms with Crippen molar-refractivity contribution in [1.29, 1.82) is 0 Å². The first-order valence-corrected chi connectivity index (χ1v) is 4.65. The van der Waals surface area contributed by atoms with Crippen molar-refractivity contribution >= 4 is 5.97 Å². The molecular weight excluding hydrogens is 214 g/mol. The lowest BCUT2D eigenvalue weighted by Crippen LogP contribution is -3.00. The van der Waals surface area contributed by atoms with Gasteiger partial charge < -0.3 is 22.8 Å². The van der Waals surface area contributed by atoms with Crippen LogP contribution < -0.4 is 17.7 Å². The van der Waals surface area contributed by atoms with Gasteiger partial charge in [0.2, 0.25) is 0 Å². The van der Waals surface area contributed by atoms with Gasteiger partial charge in [-0.3, -0.25) is 0 Å². The van der Waals surface area contributed by atoms with E-state index in [2.05, 4.69) is 19.2 Å². The smallest absolute Gasteiger partial charge is 0.335 e. The summed E-state index contributed by atoms with van der Waals surface area (Å²) in [4.78, 5) is 10.6. The zero-order chi connectivity index (χ0) is 10.6. The normalized spacial score (nSPS) is 9.80. The number of rotatable bonds is 4. The van der Waals surface area contributed by atoms with Crippen molar-refractivity contribution in [3.05, 3.63) is 35.4 Å². The van der Waals surface area contributed by atoms with Crippen molar-refractivity contribution in [2.24, 2.45) is 0 Å². The molecule has 0 spiro atoms. The quantitative estimate of drug-likeness (QED) is 0.687. The number of halogens is 1. The molecule has 0 aliphatic rings. The summed E-state index contributed by atoms with van der Waals surface area (Å²) in [5.74, 6) is -0.881. The van der Waals surface area contributed by atoms with Crippen LogP contribution >= 0.6 is 0 Å².